The minimum atomic E-state index is -0.196. The number of nitrogen functional groups attached to an aromatic ring is 1. The molecule has 1 unspecified atom stereocenters. The van der Waals surface area contributed by atoms with Crippen molar-refractivity contribution in [2.45, 2.75) is 19.4 Å². The number of aromatic nitrogens is 2. The Hall–Kier alpha value is -1.67. The first kappa shape index (κ1) is 13.3. The minimum absolute atomic E-state index is 0.109. The van der Waals surface area contributed by atoms with E-state index in [1.54, 1.807) is 16.2 Å². The average molecular weight is 309 g/mol. The van der Waals surface area contributed by atoms with E-state index in [1.165, 1.54) is 11.5 Å². The molecule has 20 heavy (non-hydrogen) atoms. The summed E-state index contributed by atoms with van der Waals surface area (Å²) in [7, 11) is 1.82. The Morgan fingerprint density at radius 3 is 2.95 bits per heavy atom. The van der Waals surface area contributed by atoms with Crippen LogP contribution in [0.4, 0.5) is 10.8 Å². The SMILES string of the molecule is Cc1nc(-c2c(N)nsc2NC2CCN(C)C2=O)cs1. The normalized spacial score (nSPS) is 18.8. The number of anilines is 2. The van der Waals surface area contributed by atoms with Crippen molar-refractivity contribution >= 4 is 39.6 Å². The number of nitrogens with zero attached hydrogens (tertiary/aromatic N) is 3. The highest BCUT2D eigenvalue weighted by Gasteiger charge is 2.30. The predicted octanol–water partition coefficient (Wildman–Crippen LogP) is 1.80. The molecule has 1 fully saturated rings. The first-order valence-electron chi connectivity index (χ1n) is 6.25. The lowest BCUT2D eigenvalue weighted by Crippen LogP contribution is -2.30. The maximum absolute atomic E-state index is 12.0. The lowest BCUT2D eigenvalue weighted by molar-refractivity contribution is -0.127. The van der Waals surface area contributed by atoms with E-state index in [4.69, 9.17) is 5.73 Å². The van der Waals surface area contributed by atoms with Crippen molar-refractivity contribution in [2.24, 2.45) is 0 Å². The lowest BCUT2D eigenvalue weighted by Gasteiger charge is -2.12. The zero-order valence-electron chi connectivity index (χ0n) is 11.2. The number of likely N-dealkylation sites (N-methyl/N-ethyl adjacent to an activating group) is 1. The largest absolute Gasteiger partial charge is 0.382 e. The minimum Gasteiger partial charge on any atom is -0.382 e. The van der Waals surface area contributed by atoms with Crippen LogP contribution >= 0.6 is 22.9 Å². The molecular weight excluding hydrogens is 294 g/mol. The van der Waals surface area contributed by atoms with Crippen molar-refractivity contribution in [3.8, 4) is 11.3 Å². The van der Waals surface area contributed by atoms with Gasteiger partial charge in [0, 0.05) is 19.0 Å². The van der Waals surface area contributed by atoms with Gasteiger partial charge in [-0.15, -0.1) is 11.3 Å². The molecule has 0 spiro atoms. The number of rotatable bonds is 3. The molecule has 1 aliphatic heterocycles. The topological polar surface area (TPSA) is 84.1 Å². The summed E-state index contributed by atoms with van der Waals surface area (Å²) in [6, 6.07) is -0.196. The van der Waals surface area contributed by atoms with E-state index in [-0.39, 0.29) is 11.9 Å². The van der Waals surface area contributed by atoms with Crippen molar-refractivity contribution in [3.05, 3.63) is 10.4 Å². The van der Waals surface area contributed by atoms with Crippen LogP contribution < -0.4 is 11.1 Å². The molecular formula is C12H15N5OS2. The Labute approximate surface area is 124 Å². The van der Waals surface area contributed by atoms with Gasteiger partial charge in [-0.25, -0.2) is 4.98 Å². The fourth-order valence-corrected chi connectivity index (χ4v) is 3.62. The summed E-state index contributed by atoms with van der Waals surface area (Å²) in [6.07, 6.45) is 0.794. The molecule has 2 aromatic heterocycles. The van der Waals surface area contributed by atoms with Crippen LogP contribution in [0.5, 0.6) is 0 Å². The molecule has 0 bridgehead atoms. The summed E-state index contributed by atoms with van der Waals surface area (Å²) >= 11 is 2.85. The van der Waals surface area contributed by atoms with Gasteiger partial charge >= 0.3 is 0 Å². The number of likely N-dealkylation sites (tertiary alicyclic amines) is 1. The summed E-state index contributed by atoms with van der Waals surface area (Å²) in [5.41, 5.74) is 7.57. The quantitative estimate of drug-likeness (QED) is 0.903. The number of nitrogens with one attached hydrogen (secondary N) is 1. The summed E-state index contributed by atoms with van der Waals surface area (Å²) < 4.78 is 4.19. The Morgan fingerprint density at radius 1 is 1.55 bits per heavy atom. The molecule has 1 aliphatic rings. The second-order valence-corrected chi connectivity index (χ2v) is 6.60. The zero-order chi connectivity index (χ0) is 14.3. The molecule has 2 aromatic rings. The van der Waals surface area contributed by atoms with Crippen molar-refractivity contribution in [2.75, 3.05) is 24.6 Å². The van der Waals surface area contributed by atoms with Gasteiger partial charge in [-0.05, 0) is 24.9 Å². The number of amides is 1. The van der Waals surface area contributed by atoms with Gasteiger partial charge in [-0.2, -0.15) is 4.37 Å². The molecule has 3 heterocycles. The predicted molar refractivity (Wildman–Crippen MR) is 82.0 cm³/mol. The van der Waals surface area contributed by atoms with Crippen molar-refractivity contribution in [3.63, 3.8) is 0 Å². The summed E-state index contributed by atoms with van der Waals surface area (Å²) in [4.78, 5) is 18.2. The van der Waals surface area contributed by atoms with E-state index < -0.39 is 0 Å². The number of nitrogens with two attached hydrogens (primary N) is 1. The third-order valence-electron chi connectivity index (χ3n) is 3.33. The molecule has 0 aromatic carbocycles. The van der Waals surface area contributed by atoms with Gasteiger partial charge in [-0.1, -0.05) is 0 Å². The van der Waals surface area contributed by atoms with Crippen LogP contribution in [0.25, 0.3) is 11.3 Å². The lowest BCUT2D eigenvalue weighted by atomic mass is 10.2. The van der Waals surface area contributed by atoms with E-state index in [1.807, 2.05) is 19.4 Å². The first-order chi connectivity index (χ1) is 9.56. The standard InChI is InChI=1S/C12H15N5OS2/c1-6-14-8(5-19-6)9-10(13)16-20-11(9)15-7-3-4-17(2)12(7)18/h5,7,15H,3-4H2,1-2H3,(H2,13,16). The summed E-state index contributed by atoms with van der Waals surface area (Å²) in [5.74, 6) is 0.569. The average Bonchev–Trinajstić information content (AvgIpc) is 3.06. The molecule has 3 N–H and O–H groups in total. The highest BCUT2D eigenvalue weighted by molar-refractivity contribution is 7.11. The molecule has 0 radical (unpaired) electrons. The van der Waals surface area contributed by atoms with Crippen LogP contribution in [0.15, 0.2) is 5.38 Å². The maximum atomic E-state index is 12.0. The number of carbonyl (C=O) groups excluding carboxylic acids is 1. The summed E-state index contributed by atoms with van der Waals surface area (Å²) in [6.45, 7) is 2.72. The van der Waals surface area contributed by atoms with Crippen LogP contribution in [-0.2, 0) is 4.79 Å². The van der Waals surface area contributed by atoms with Gasteiger partial charge in [0.15, 0.2) is 0 Å². The van der Waals surface area contributed by atoms with Crippen LogP contribution in [0, 0.1) is 6.92 Å². The number of thiazole rings is 1. The van der Waals surface area contributed by atoms with E-state index in [0.29, 0.717) is 5.82 Å². The molecule has 1 atom stereocenters. The molecule has 8 heteroatoms. The van der Waals surface area contributed by atoms with Crippen molar-refractivity contribution < 1.29 is 4.79 Å². The van der Waals surface area contributed by atoms with E-state index in [9.17, 15) is 4.79 Å². The van der Waals surface area contributed by atoms with Gasteiger partial charge in [0.25, 0.3) is 0 Å². The second kappa shape index (κ2) is 5.02. The zero-order valence-corrected chi connectivity index (χ0v) is 12.8. The highest BCUT2D eigenvalue weighted by Crippen LogP contribution is 2.38. The fraction of sp³-hybridized carbons (Fsp3) is 0.417. The van der Waals surface area contributed by atoms with Crippen molar-refractivity contribution in [1.29, 1.82) is 0 Å². The summed E-state index contributed by atoms with van der Waals surface area (Å²) in [5, 5.41) is 7.03. The smallest absolute Gasteiger partial charge is 0.244 e. The second-order valence-electron chi connectivity index (χ2n) is 4.77. The van der Waals surface area contributed by atoms with Gasteiger partial charge < -0.3 is 16.0 Å². The number of carbonyl (C=O) groups is 1. The van der Waals surface area contributed by atoms with Gasteiger partial charge in [0.1, 0.15) is 16.9 Å². The van der Waals surface area contributed by atoms with Gasteiger partial charge in [-0.3, -0.25) is 4.79 Å². The number of hydrogen-bond acceptors (Lipinski definition) is 7. The molecule has 3 rings (SSSR count). The first-order valence-corrected chi connectivity index (χ1v) is 7.90. The van der Waals surface area contributed by atoms with E-state index in [2.05, 4.69) is 14.7 Å². The molecule has 6 nitrogen and oxygen atoms in total. The fourth-order valence-electron chi connectivity index (χ4n) is 2.24. The molecule has 0 saturated carbocycles. The van der Waals surface area contributed by atoms with Crippen molar-refractivity contribution in [1.82, 2.24) is 14.3 Å². The van der Waals surface area contributed by atoms with Gasteiger partial charge in [0.2, 0.25) is 5.91 Å². The third kappa shape index (κ3) is 2.25. The maximum Gasteiger partial charge on any atom is 0.244 e. The van der Waals surface area contributed by atoms with Crippen LogP contribution in [0.3, 0.4) is 0 Å². The van der Waals surface area contributed by atoms with Gasteiger partial charge in [0.05, 0.1) is 16.3 Å². The van der Waals surface area contributed by atoms with Crippen LogP contribution in [0.1, 0.15) is 11.4 Å². The van der Waals surface area contributed by atoms with E-state index in [0.717, 1.165) is 34.2 Å². The Bertz CT molecular complexity index is 650. The Balaban J connectivity index is 1.90. The number of aryl methyl sites for hydroxylation is 1. The molecule has 0 aliphatic carbocycles. The molecule has 1 amide bonds. The molecule has 1 saturated heterocycles. The Kier molecular flexibility index (Phi) is 3.35. The Morgan fingerprint density at radius 2 is 2.35 bits per heavy atom. The van der Waals surface area contributed by atoms with E-state index >= 15 is 0 Å². The monoisotopic (exact) mass is 309 g/mol. The highest BCUT2D eigenvalue weighted by atomic mass is 32.1. The molecule has 106 valence electrons. The van der Waals surface area contributed by atoms with Crippen LogP contribution in [0.2, 0.25) is 0 Å². The van der Waals surface area contributed by atoms with Crippen LogP contribution in [-0.4, -0.2) is 39.8 Å². The number of hydrogen-bond donors (Lipinski definition) is 2. The third-order valence-corrected chi connectivity index (χ3v) is 4.89.